The molecule has 4 saturated carbocycles. The Labute approximate surface area is 220 Å². The number of rotatable bonds is 3. The molecule has 2 heterocycles. The molecule has 6 aliphatic rings. The Bertz CT molecular complexity index is 1330. The topological polar surface area (TPSA) is 67.9 Å². The Morgan fingerprint density at radius 1 is 0.889 bits per heavy atom. The van der Waals surface area contributed by atoms with Crippen molar-refractivity contribution in [2.75, 3.05) is 0 Å². The Morgan fingerprint density at radius 2 is 1.47 bits per heavy atom. The van der Waals surface area contributed by atoms with Crippen LogP contribution < -0.4 is 0 Å². The van der Waals surface area contributed by atoms with Crippen LogP contribution >= 0.6 is 15.9 Å². The fraction of sp³-hybridized carbons (Fsp3) is 0.452. The molecule has 2 aromatic carbocycles. The standard InChI is InChI=1S/C31H28BrN3O/c32-25-8-4-3-7-24(25)26-27(29(36)30-14-19-11-20(15-30)13-21(12-19)16-30)35-10-9-22-5-1-2-6-23(22)28(35)31(26,17-33)18-34/h1-10,19-21,26-28H,11-16H2/t19?,20?,21?,26-,27+,28-,30?/m1/s1. The minimum atomic E-state index is -1.40. The van der Waals surface area contributed by atoms with Gasteiger partial charge in [-0.3, -0.25) is 4.79 Å². The van der Waals surface area contributed by atoms with Gasteiger partial charge in [0.25, 0.3) is 0 Å². The second-order valence-electron chi connectivity index (χ2n) is 11.9. The number of Topliss-reactive ketones (excluding diaryl/α,β-unsaturated/α-hetero) is 1. The summed E-state index contributed by atoms with van der Waals surface area (Å²) in [6.07, 6.45) is 10.8. The third-order valence-electron chi connectivity index (χ3n) is 10.0. The third kappa shape index (κ3) is 2.87. The Kier molecular flexibility index (Phi) is 4.84. The van der Waals surface area contributed by atoms with E-state index in [1.165, 1.54) is 19.3 Å². The minimum absolute atomic E-state index is 0.267. The quantitative estimate of drug-likeness (QED) is 0.433. The number of fused-ring (bicyclic) bond motifs is 3. The van der Waals surface area contributed by atoms with Gasteiger partial charge in [-0.25, -0.2) is 0 Å². The highest BCUT2D eigenvalue weighted by atomic mass is 79.9. The van der Waals surface area contributed by atoms with E-state index in [0.717, 1.165) is 40.4 Å². The van der Waals surface area contributed by atoms with E-state index in [9.17, 15) is 15.3 Å². The molecule has 180 valence electrons. The summed E-state index contributed by atoms with van der Waals surface area (Å²) in [5.41, 5.74) is 1.13. The van der Waals surface area contributed by atoms with Crippen LogP contribution in [0.5, 0.6) is 0 Å². The van der Waals surface area contributed by atoms with Crippen molar-refractivity contribution in [3.05, 3.63) is 75.9 Å². The van der Waals surface area contributed by atoms with Crippen LogP contribution in [0.3, 0.4) is 0 Å². The minimum Gasteiger partial charge on any atom is -0.357 e. The highest BCUT2D eigenvalue weighted by Crippen LogP contribution is 2.65. The third-order valence-corrected chi connectivity index (χ3v) is 10.7. The van der Waals surface area contributed by atoms with Gasteiger partial charge in [-0.15, -0.1) is 0 Å². The van der Waals surface area contributed by atoms with E-state index in [0.29, 0.717) is 17.8 Å². The summed E-state index contributed by atoms with van der Waals surface area (Å²) in [5, 5.41) is 21.6. The van der Waals surface area contributed by atoms with Crippen molar-refractivity contribution in [2.45, 2.75) is 56.5 Å². The lowest BCUT2D eigenvalue weighted by atomic mass is 9.47. The van der Waals surface area contributed by atoms with Crippen LogP contribution in [0.15, 0.2) is 59.2 Å². The van der Waals surface area contributed by atoms with Gasteiger partial charge < -0.3 is 4.90 Å². The van der Waals surface area contributed by atoms with Crippen LogP contribution in [0, 0.1) is 51.2 Å². The van der Waals surface area contributed by atoms with Crippen LogP contribution in [-0.2, 0) is 4.79 Å². The molecule has 4 bridgehead atoms. The lowest BCUT2D eigenvalue weighted by Gasteiger charge is -2.57. The largest absolute Gasteiger partial charge is 0.357 e. The number of benzene rings is 2. The zero-order valence-electron chi connectivity index (χ0n) is 20.1. The number of nitriles is 2. The first-order valence-electron chi connectivity index (χ1n) is 13.2. The van der Waals surface area contributed by atoms with Gasteiger partial charge in [0.15, 0.2) is 11.2 Å². The first kappa shape index (κ1) is 22.3. The Balaban J connectivity index is 1.44. The molecule has 0 spiro atoms. The van der Waals surface area contributed by atoms with E-state index in [2.05, 4.69) is 33.0 Å². The summed E-state index contributed by atoms with van der Waals surface area (Å²) in [6.45, 7) is 0. The molecule has 2 aromatic rings. The molecule has 0 radical (unpaired) electrons. The van der Waals surface area contributed by atoms with Crippen LogP contribution in [-0.4, -0.2) is 16.7 Å². The lowest BCUT2D eigenvalue weighted by Crippen LogP contribution is -2.55. The molecule has 0 unspecified atom stereocenters. The fourth-order valence-corrected chi connectivity index (χ4v) is 9.62. The van der Waals surface area contributed by atoms with Crippen LogP contribution in [0.1, 0.15) is 67.2 Å². The van der Waals surface area contributed by atoms with Gasteiger partial charge in [-0.1, -0.05) is 58.4 Å². The summed E-state index contributed by atoms with van der Waals surface area (Å²) in [4.78, 5) is 17.1. The van der Waals surface area contributed by atoms with E-state index in [1.54, 1.807) is 0 Å². The summed E-state index contributed by atoms with van der Waals surface area (Å²) in [5.74, 6) is 1.66. The first-order valence-corrected chi connectivity index (χ1v) is 13.9. The molecule has 4 aliphatic carbocycles. The average molecular weight is 538 g/mol. The van der Waals surface area contributed by atoms with E-state index < -0.39 is 23.4 Å². The summed E-state index contributed by atoms with van der Waals surface area (Å²) >= 11 is 3.72. The zero-order valence-corrected chi connectivity index (χ0v) is 21.7. The molecular formula is C31H28BrN3O. The number of nitrogens with zero attached hydrogens (tertiary/aromatic N) is 3. The average Bonchev–Trinajstić information content (AvgIpc) is 3.18. The van der Waals surface area contributed by atoms with Crippen molar-refractivity contribution in [1.82, 2.24) is 4.90 Å². The number of halogens is 1. The van der Waals surface area contributed by atoms with E-state index in [4.69, 9.17) is 0 Å². The molecule has 3 atom stereocenters. The molecule has 5 fully saturated rings. The first-order chi connectivity index (χ1) is 17.5. The lowest BCUT2D eigenvalue weighted by molar-refractivity contribution is -0.148. The SMILES string of the molecule is N#CC1(C#N)[C@H](c2ccccc2Br)[C@@H](C(=O)C23CC4CC(CC(C4)C2)C3)N2C=Cc3ccccc3[C@@H]21. The normalized spacial score (nSPS) is 36.6. The number of carbonyl (C=O) groups is 1. The monoisotopic (exact) mass is 537 g/mol. The van der Waals surface area contributed by atoms with Crippen molar-refractivity contribution in [1.29, 1.82) is 10.5 Å². The molecule has 0 N–H and O–H groups in total. The van der Waals surface area contributed by atoms with Crippen molar-refractivity contribution in [3.63, 3.8) is 0 Å². The summed E-state index contributed by atoms with van der Waals surface area (Å²) < 4.78 is 0.852. The van der Waals surface area contributed by atoms with Gasteiger partial charge in [0.1, 0.15) is 0 Å². The zero-order chi connectivity index (χ0) is 24.7. The number of carbonyl (C=O) groups excluding carboxylic acids is 1. The predicted octanol–water partition coefficient (Wildman–Crippen LogP) is 6.76. The maximum atomic E-state index is 15.0. The van der Waals surface area contributed by atoms with E-state index in [-0.39, 0.29) is 11.2 Å². The Morgan fingerprint density at radius 3 is 2.08 bits per heavy atom. The number of hydrogen-bond donors (Lipinski definition) is 0. The smallest absolute Gasteiger partial charge is 0.177 e. The number of ketones is 1. The van der Waals surface area contributed by atoms with Crippen LogP contribution in [0.2, 0.25) is 0 Å². The molecule has 0 aromatic heterocycles. The summed E-state index contributed by atoms with van der Waals surface area (Å²) in [7, 11) is 0. The maximum absolute atomic E-state index is 15.0. The second-order valence-corrected chi connectivity index (χ2v) is 12.7. The van der Waals surface area contributed by atoms with E-state index >= 15 is 0 Å². The van der Waals surface area contributed by atoms with Gasteiger partial charge >= 0.3 is 0 Å². The Hall–Kier alpha value is -2.89. The molecule has 1 saturated heterocycles. The van der Waals surface area contributed by atoms with Gasteiger partial charge in [0, 0.05) is 22.0 Å². The van der Waals surface area contributed by atoms with Crippen molar-refractivity contribution in [2.24, 2.45) is 28.6 Å². The van der Waals surface area contributed by atoms with E-state index in [1.807, 2.05) is 60.8 Å². The molecule has 4 nitrogen and oxygen atoms in total. The van der Waals surface area contributed by atoms with Gasteiger partial charge in [-0.05, 0) is 85.1 Å². The fourth-order valence-electron chi connectivity index (χ4n) is 9.09. The van der Waals surface area contributed by atoms with Crippen molar-refractivity contribution in [3.8, 4) is 12.1 Å². The van der Waals surface area contributed by atoms with Gasteiger partial charge in [0.2, 0.25) is 0 Å². The van der Waals surface area contributed by atoms with Gasteiger partial charge in [-0.2, -0.15) is 10.5 Å². The predicted molar refractivity (Wildman–Crippen MR) is 140 cm³/mol. The highest BCUT2D eigenvalue weighted by Gasteiger charge is 2.67. The molecule has 8 rings (SSSR count). The number of hydrogen-bond acceptors (Lipinski definition) is 4. The molecule has 2 aliphatic heterocycles. The van der Waals surface area contributed by atoms with Crippen molar-refractivity contribution >= 4 is 27.8 Å². The molecule has 36 heavy (non-hydrogen) atoms. The molecule has 0 amide bonds. The highest BCUT2D eigenvalue weighted by molar-refractivity contribution is 9.10. The van der Waals surface area contributed by atoms with Crippen molar-refractivity contribution < 1.29 is 4.79 Å². The van der Waals surface area contributed by atoms with Gasteiger partial charge in [0.05, 0.1) is 24.2 Å². The molecular weight excluding hydrogens is 510 g/mol. The molecule has 5 heteroatoms. The van der Waals surface area contributed by atoms with Crippen LogP contribution in [0.25, 0.3) is 6.08 Å². The maximum Gasteiger partial charge on any atom is 0.177 e. The van der Waals surface area contributed by atoms with Crippen LogP contribution in [0.4, 0.5) is 0 Å². The summed E-state index contributed by atoms with van der Waals surface area (Å²) in [6, 6.07) is 19.8. The second kappa shape index (κ2) is 7.80.